The maximum absolute atomic E-state index is 13.2. The van der Waals surface area contributed by atoms with E-state index in [0.29, 0.717) is 12.1 Å². The van der Waals surface area contributed by atoms with Gasteiger partial charge in [0.25, 0.3) is 0 Å². The zero-order valence-electron chi connectivity index (χ0n) is 19.0. The Morgan fingerprint density at radius 3 is 2.29 bits per heavy atom. The molecule has 0 saturated heterocycles. The molecule has 3 amide bonds. The van der Waals surface area contributed by atoms with Crippen molar-refractivity contribution in [1.82, 2.24) is 15.5 Å². The van der Waals surface area contributed by atoms with Gasteiger partial charge in [0.05, 0.1) is 6.61 Å². The summed E-state index contributed by atoms with van der Waals surface area (Å²) < 4.78 is 5.19. The summed E-state index contributed by atoms with van der Waals surface area (Å²) in [6.07, 6.45) is 0.907. The fourth-order valence-corrected chi connectivity index (χ4v) is 2.88. The van der Waals surface area contributed by atoms with Crippen LogP contribution >= 0.6 is 0 Å². The number of benzene rings is 1. The van der Waals surface area contributed by atoms with E-state index in [-0.39, 0.29) is 18.9 Å². The molecule has 0 radical (unpaired) electrons. The van der Waals surface area contributed by atoms with Crippen LogP contribution in [-0.4, -0.2) is 64.4 Å². The van der Waals surface area contributed by atoms with Crippen LogP contribution < -0.4 is 10.6 Å². The topological polar surface area (TPSA) is 128 Å². The van der Waals surface area contributed by atoms with Gasteiger partial charge in [0.2, 0.25) is 11.8 Å². The molecule has 9 nitrogen and oxygen atoms in total. The Kier molecular flexibility index (Phi) is 10.3. The summed E-state index contributed by atoms with van der Waals surface area (Å²) >= 11 is 0. The zero-order valence-corrected chi connectivity index (χ0v) is 19.0. The number of nitrogens with one attached hydrogen (secondary N) is 2. The number of rotatable bonds is 10. The number of hydrogen-bond acceptors (Lipinski definition) is 6. The van der Waals surface area contributed by atoms with Crippen molar-refractivity contribution in [1.29, 1.82) is 0 Å². The molecule has 9 heteroatoms. The highest BCUT2D eigenvalue weighted by molar-refractivity contribution is 5.92. The number of aliphatic hydroxyl groups excluding tert-OH is 1. The summed E-state index contributed by atoms with van der Waals surface area (Å²) in [4.78, 5) is 39.5. The average Bonchev–Trinajstić information content (AvgIpc) is 2.67. The van der Waals surface area contributed by atoms with Crippen molar-refractivity contribution in [3.63, 3.8) is 0 Å². The predicted molar refractivity (Wildman–Crippen MR) is 116 cm³/mol. The number of carbonyl (C=O) groups is 3. The molecule has 1 aromatic carbocycles. The van der Waals surface area contributed by atoms with Gasteiger partial charge >= 0.3 is 6.09 Å². The summed E-state index contributed by atoms with van der Waals surface area (Å²) in [5.74, 6) is -0.942. The number of aliphatic hydroxyl groups is 1. The number of alkyl carbamates (subject to hydrolysis) is 1. The van der Waals surface area contributed by atoms with Gasteiger partial charge < -0.3 is 30.5 Å². The van der Waals surface area contributed by atoms with Crippen LogP contribution in [0.3, 0.4) is 0 Å². The minimum absolute atomic E-state index is 0.0221. The molecule has 0 spiro atoms. The standard InChI is InChI=1S/C22H35N3O6/c1-6-7-12-23-19(28)18(16-8-10-17(27)11-9-16)25(13-14-26)20(29)15(2)24-21(30)31-22(3,4)5/h8-11,15,18,26-27H,6-7,12-14H2,1-5H3,(H,23,28)(H,24,30). The van der Waals surface area contributed by atoms with Crippen LogP contribution in [0.25, 0.3) is 0 Å². The van der Waals surface area contributed by atoms with Crippen molar-refractivity contribution in [2.75, 3.05) is 19.7 Å². The zero-order chi connectivity index (χ0) is 23.6. The minimum atomic E-state index is -1.04. The lowest BCUT2D eigenvalue weighted by molar-refractivity contribution is -0.142. The van der Waals surface area contributed by atoms with E-state index in [1.54, 1.807) is 32.9 Å². The molecular formula is C22H35N3O6. The lowest BCUT2D eigenvalue weighted by Crippen LogP contribution is -2.52. The SMILES string of the molecule is CCCCNC(=O)C(c1ccc(O)cc1)N(CCO)C(=O)C(C)NC(=O)OC(C)(C)C. The van der Waals surface area contributed by atoms with Gasteiger partial charge in [-0.15, -0.1) is 0 Å². The molecule has 174 valence electrons. The Balaban J connectivity index is 3.15. The number of nitrogens with zero attached hydrogens (tertiary/aromatic N) is 1. The summed E-state index contributed by atoms with van der Waals surface area (Å²) in [5.41, 5.74) is -0.260. The Bertz CT molecular complexity index is 730. The van der Waals surface area contributed by atoms with Crippen LogP contribution in [0.1, 0.15) is 59.1 Å². The van der Waals surface area contributed by atoms with Crippen LogP contribution in [0.4, 0.5) is 4.79 Å². The second-order valence-corrected chi connectivity index (χ2v) is 8.26. The molecule has 0 heterocycles. The van der Waals surface area contributed by atoms with Crippen molar-refractivity contribution in [3.8, 4) is 5.75 Å². The lowest BCUT2D eigenvalue weighted by Gasteiger charge is -2.33. The van der Waals surface area contributed by atoms with Gasteiger partial charge in [0.15, 0.2) is 0 Å². The van der Waals surface area contributed by atoms with E-state index in [2.05, 4.69) is 10.6 Å². The van der Waals surface area contributed by atoms with E-state index < -0.39 is 35.6 Å². The average molecular weight is 438 g/mol. The van der Waals surface area contributed by atoms with Gasteiger partial charge in [-0.05, 0) is 51.8 Å². The normalized spacial score (nSPS) is 13.1. The molecule has 0 fully saturated rings. The number of amides is 3. The quantitative estimate of drug-likeness (QED) is 0.415. The van der Waals surface area contributed by atoms with Crippen molar-refractivity contribution < 1.29 is 29.3 Å². The van der Waals surface area contributed by atoms with Crippen LogP contribution in [0.5, 0.6) is 5.75 Å². The van der Waals surface area contributed by atoms with Gasteiger partial charge in [-0.1, -0.05) is 25.5 Å². The highest BCUT2D eigenvalue weighted by atomic mass is 16.6. The van der Waals surface area contributed by atoms with E-state index in [0.717, 1.165) is 12.8 Å². The first-order valence-corrected chi connectivity index (χ1v) is 10.5. The van der Waals surface area contributed by atoms with Crippen molar-refractivity contribution >= 4 is 17.9 Å². The van der Waals surface area contributed by atoms with Crippen LogP contribution in [0.15, 0.2) is 24.3 Å². The monoisotopic (exact) mass is 437 g/mol. The summed E-state index contributed by atoms with van der Waals surface area (Å²) in [6.45, 7) is 8.55. The fourth-order valence-electron chi connectivity index (χ4n) is 2.88. The number of phenols is 1. The Morgan fingerprint density at radius 1 is 1.16 bits per heavy atom. The molecule has 2 atom stereocenters. The van der Waals surface area contributed by atoms with E-state index >= 15 is 0 Å². The minimum Gasteiger partial charge on any atom is -0.508 e. The number of phenolic OH excluding ortho intramolecular Hbond substituents is 1. The van der Waals surface area contributed by atoms with Gasteiger partial charge in [-0.3, -0.25) is 9.59 Å². The molecule has 1 rings (SSSR count). The molecule has 4 N–H and O–H groups in total. The van der Waals surface area contributed by atoms with Crippen LogP contribution in [0, 0.1) is 0 Å². The largest absolute Gasteiger partial charge is 0.508 e. The first kappa shape index (κ1) is 26.2. The van der Waals surface area contributed by atoms with Gasteiger partial charge in [0, 0.05) is 13.1 Å². The number of ether oxygens (including phenoxy) is 1. The highest BCUT2D eigenvalue weighted by Crippen LogP contribution is 2.24. The highest BCUT2D eigenvalue weighted by Gasteiger charge is 2.34. The molecule has 0 aliphatic rings. The third-order valence-corrected chi connectivity index (χ3v) is 4.33. The van der Waals surface area contributed by atoms with Gasteiger partial charge in [-0.25, -0.2) is 4.79 Å². The molecule has 0 aliphatic heterocycles. The van der Waals surface area contributed by atoms with Crippen LogP contribution in [0.2, 0.25) is 0 Å². The third-order valence-electron chi connectivity index (χ3n) is 4.33. The van der Waals surface area contributed by atoms with E-state index in [1.165, 1.54) is 24.0 Å². The maximum Gasteiger partial charge on any atom is 0.408 e. The molecule has 0 saturated carbocycles. The molecule has 2 unspecified atom stereocenters. The fraction of sp³-hybridized carbons (Fsp3) is 0.591. The molecule has 0 bridgehead atoms. The Morgan fingerprint density at radius 2 is 1.77 bits per heavy atom. The second kappa shape index (κ2) is 12.1. The molecule has 31 heavy (non-hydrogen) atoms. The molecule has 0 aliphatic carbocycles. The van der Waals surface area contributed by atoms with E-state index in [4.69, 9.17) is 4.74 Å². The molecular weight excluding hydrogens is 402 g/mol. The third kappa shape index (κ3) is 8.84. The van der Waals surface area contributed by atoms with Crippen molar-refractivity contribution in [2.24, 2.45) is 0 Å². The van der Waals surface area contributed by atoms with Crippen molar-refractivity contribution in [3.05, 3.63) is 29.8 Å². The second-order valence-electron chi connectivity index (χ2n) is 8.26. The smallest absolute Gasteiger partial charge is 0.408 e. The van der Waals surface area contributed by atoms with Crippen LogP contribution in [-0.2, 0) is 14.3 Å². The predicted octanol–water partition coefficient (Wildman–Crippen LogP) is 2.08. The van der Waals surface area contributed by atoms with Crippen molar-refractivity contribution in [2.45, 2.75) is 65.1 Å². The number of carbonyl (C=O) groups excluding carboxylic acids is 3. The first-order chi connectivity index (χ1) is 14.5. The summed E-state index contributed by atoms with van der Waals surface area (Å²) in [6, 6.07) is 3.90. The van der Waals surface area contributed by atoms with Gasteiger partial charge in [-0.2, -0.15) is 0 Å². The maximum atomic E-state index is 13.2. The number of unbranched alkanes of at least 4 members (excludes halogenated alkanes) is 1. The van der Waals surface area contributed by atoms with E-state index in [1.807, 2.05) is 6.92 Å². The molecule has 0 aromatic heterocycles. The van der Waals surface area contributed by atoms with E-state index in [9.17, 15) is 24.6 Å². The van der Waals surface area contributed by atoms with Gasteiger partial charge in [0.1, 0.15) is 23.4 Å². The Labute approximate surface area is 183 Å². The Hall–Kier alpha value is -2.81. The number of aromatic hydroxyl groups is 1. The first-order valence-electron chi connectivity index (χ1n) is 10.5. The lowest BCUT2D eigenvalue weighted by atomic mass is 10.0. The molecule has 1 aromatic rings. The summed E-state index contributed by atoms with van der Waals surface area (Å²) in [7, 11) is 0. The summed E-state index contributed by atoms with van der Waals surface area (Å²) in [5, 5.41) is 24.4. The number of hydrogen-bond donors (Lipinski definition) is 4.